The van der Waals surface area contributed by atoms with E-state index >= 15 is 0 Å². The first-order valence-electron chi connectivity index (χ1n) is 9.71. The summed E-state index contributed by atoms with van der Waals surface area (Å²) < 4.78 is 0. The monoisotopic (exact) mass is 375 g/mol. The first-order chi connectivity index (χ1) is 13.6. The summed E-state index contributed by atoms with van der Waals surface area (Å²) in [6.45, 7) is 0.371. The van der Waals surface area contributed by atoms with Crippen molar-refractivity contribution >= 4 is 23.5 Å². The fourth-order valence-corrected chi connectivity index (χ4v) is 4.75. The van der Waals surface area contributed by atoms with Crippen LogP contribution in [0.25, 0.3) is 0 Å². The second kappa shape index (κ2) is 6.19. The summed E-state index contributed by atoms with van der Waals surface area (Å²) in [6, 6.07) is 15.0. The lowest BCUT2D eigenvalue weighted by Gasteiger charge is -2.30. The predicted molar refractivity (Wildman–Crippen MR) is 104 cm³/mol. The number of anilines is 1. The number of urea groups is 1. The van der Waals surface area contributed by atoms with Crippen LogP contribution < -0.4 is 10.2 Å². The molecule has 1 saturated heterocycles. The van der Waals surface area contributed by atoms with E-state index in [9.17, 15) is 14.4 Å². The largest absolute Gasteiger partial charge is 0.325 e. The standard InChI is InChI=1S/C22H21N3O3/c26-19(24-13-5-8-16-7-2-4-10-18(16)24)14-25-20(27)22(23-21(25)28)12-11-15-6-1-3-9-17(15)22/h1-4,6-7,9-10H,5,8,11-14H2,(H,23,28)/t22-/m1/s1. The van der Waals surface area contributed by atoms with Gasteiger partial charge in [-0.1, -0.05) is 42.5 Å². The molecule has 2 heterocycles. The quantitative estimate of drug-likeness (QED) is 0.820. The fraction of sp³-hybridized carbons (Fsp3) is 0.318. The Labute approximate surface area is 163 Å². The van der Waals surface area contributed by atoms with E-state index in [0.717, 1.165) is 46.5 Å². The van der Waals surface area contributed by atoms with Gasteiger partial charge in [0, 0.05) is 12.2 Å². The Morgan fingerprint density at radius 3 is 2.61 bits per heavy atom. The van der Waals surface area contributed by atoms with Crippen LogP contribution in [0.1, 0.15) is 29.5 Å². The van der Waals surface area contributed by atoms with Crippen LogP contribution in [0.15, 0.2) is 48.5 Å². The number of amides is 4. The van der Waals surface area contributed by atoms with E-state index in [2.05, 4.69) is 5.32 Å². The molecule has 1 aliphatic carbocycles. The molecule has 0 aromatic heterocycles. The Hall–Kier alpha value is -3.15. The van der Waals surface area contributed by atoms with E-state index in [1.165, 1.54) is 0 Å². The van der Waals surface area contributed by atoms with Crippen LogP contribution in [0.3, 0.4) is 0 Å². The van der Waals surface area contributed by atoms with Gasteiger partial charge in [-0.05, 0) is 48.4 Å². The van der Waals surface area contributed by atoms with Crippen LogP contribution in [0.2, 0.25) is 0 Å². The van der Waals surface area contributed by atoms with Crippen molar-refractivity contribution in [3.05, 3.63) is 65.2 Å². The highest BCUT2D eigenvalue weighted by Gasteiger charge is 2.55. The molecular formula is C22H21N3O3. The summed E-state index contributed by atoms with van der Waals surface area (Å²) in [4.78, 5) is 41.7. The van der Waals surface area contributed by atoms with Crippen LogP contribution in [0.4, 0.5) is 10.5 Å². The van der Waals surface area contributed by atoms with E-state index in [1.54, 1.807) is 4.90 Å². The Morgan fingerprint density at radius 2 is 1.75 bits per heavy atom. The third-order valence-corrected chi connectivity index (χ3v) is 6.13. The number of fused-ring (bicyclic) bond motifs is 3. The number of para-hydroxylation sites is 1. The fourth-order valence-electron chi connectivity index (χ4n) is 4.75. The Morgan fingerprint density at radius 1 is 1.00 bits per heavy atom. The molecule has 1 spiro atoms. The van der Waals surface area contributed by atoms with Gasteiger partial charge in [0.2, 0.25) is 5.91 Å². The number of carbonyl (C=O) groups is 3. The van der Waals surface area contributed by atoms with Gasteiger partial charge in [0.25, 0.3) is 5.91 Å². The maximum atomic E-state index is 13.2. The number of imide groups is 1. The normalized spacial score (nSPS) is 23.0. The summed E-state index contributed by atoms with van der Waals surface area (Å²) in [7, 11) is 0. The molecule has 0 radical (unpaired) electrons. The maximum Gasteiger partial charge on any atom is 0.325 e. The second-order valence-corrected chi connectivity index (χ2v) is 7.66. The zero-order valence-electron chi connectivity index (χ0n) is 15.5. The molecule has 3 aliphatic rings. The maximum absolute atomic E-state index is 13.2. The molecule has 0 saturated carbocycles. The summed E-state index contributed by atoms with van der Waals surface area (Å²) in [6.07, 6.45) is 3.08. The lowest BCUT2D eigenvalue weighted by atomic mass is 9.92. The molecule has 5 rings (SSSR count). The number of nitrogens with one attached hydrogen (secondary N) is 1. The summed E-state index contributed by atoms with van der Waals surface area (Å²) in [5.74, 6) is -0.542. The molecule has 1 N–H and O–H groups in total. The van der Waals surface area contributed by atoms with E-state index in [-0.39, 0.29) is 18.4 Å². The minimum atomic E-state index is -1.02. The van der Waals surface area contributed by atoms with E-state index in [0.29, 0.717) is 13.0 Å². The molecule has 142 valence electrons. The average molecular weight is 375 g/mol. The zero-order chi connectivity index (χ0) is 19.3. The van der Waals surface area contributed by atoms with Crippen LogP contribution in [0, 0.1) is 0 Å². The third-order valence-electron chi connectivity index (χ3n) is 6.13. The first-order valence-corrected chi connectivity index (χ1v) is 9.71. The number of carbonyl (C=O) groups excluding carboxylic acids is 3. The van der Waals surface area contributed by atoms with Crippen LogP contribution in [-0.2, 0) is 28.0 Å². The molecule has 2 aromatic rings. The van der Waals surface area contributed by atoms with Crippen molar-refractivity contribution in [2.45, 2.75) is 31.2 Å². The van der Waals surface area contributed by atoms with Crippen molar-refractivity contribution < 1.29 is 14.4 Å². The molecule has 28 heavy (non-hydrogen) atoms. The van der Waals surface area contributed by atoms with Crippen molar-refractivity contribution in [2.24, 2.45) is 0 Å². The third kappa shape index (κ3) is 2.37. The minimum absolute atomic E-state index is 0.223. The number of hydrogen-bond donors (Lipinski definition) is 1. The Kier molecular flexibility index (Phi) is 3.75. The molecule has 4 amide bonds. The molecule has 6 heteroatoms. The highest BCUT2D eigenvalue weighted by atomic mass is 16.2. The molecule has 1 fully saturated rings. The van der Waals surface area contributed by atoms with Crippen molar-refractivity contribution in [2.75, 3.05) is 18.0 Å². The van der Waals surface area contributed by atoms with Crippen molar-refractivity contribution in [1.82, 2.24) is 10.2 Å². The van der Waals surface area contributed by atoms with Gasteiger partial charge in [0.1, 0.15) is 12.1 Å². The topological polar surface area (TPSA) is 69.7 Å². The number of nitrogens with zero attached hydrogens (tertiary/aromatic N) is 2. The van der Waals surface area contributed by atoms with E-state index in [4.69, 9.17) is 0 Å². The molecule has 2 aromatic carbocycles. The van der Waals surface area contributed by atoms with E-state index in [1.807, 2.05) is 48.5 Å². The van der Waals surface area contributed by atoms with Gasteiger partial charge in [-0.2, -0.15) is 0 Å². The van der Waals surface area contributed by atoms with Gasteiger partial charge in [0.05, 0.1) is 0 Å². The second-order valence-electron chi connectivity index (χ2n) is 7.66. The predicted octanol–water partition coefficient (Wildman–Crippen LogP) is 2.36. The van der Waals surface area contributed by atoms with Gasteiger partial charge in [-0.3, -0.25) is 14.5 Å². The summed E-state index contributed by atoms with van der Waals surface area (Å²) in [5.41, 5.74) is 2.92. The number of aryl methyl sites for hydroxylation is 2. The van der Waals surface area contributed by atoms with Gasteiger partial charge >= 0.3 is 6.03 Å². The van der Waals surface area contributed by atoms with Gasteiger partial charge in [-0.15, -0.1) is 0 Å². The number of rotatable bonds is 2. The lowest BCUT2D eigenvalue weighted by molar-refractivity contribution is -0.134. The summed E-state index contributed by atoms with van der Waals surface area (Å²) >= 11 is 0. The molecule has 0 bridgehead atoms. The molecular weight excluding hydrogens is 354 g/mol. The van der Waals surface area contributed by atoms with Crippen molar-refractivity contribution in [1.29, 1.82) is 0 Å². The van der Waals surface area contributed by atoms with E-state index < -0.39 is 11.6 Å². The minimum Gasteiger partial charge on any atom is -0.319 e. The molecule has 2 aliphatic heterocycles. The highest BCUT2D eigenvalue weighted by Crippen LogP contribution is 2.41. The average Bonchev–Trinajstić information content (AvgIpc) is 3.21. The van der Waals surface area contributed by atoms with Crippen molar-refractivity contribution in [3.63, 3.8) is 0 Å². The van der Waals surface area contributed by atoms with Crippen LogP contribution in [-0.4, -0.2) is 35.8 Å². The smallest absolute Gasteiger partial charge is 0.319 e. The van der Waals surface area contributed by atoms with Crippen molar-refractivity contribution in [3.8, 4) is 0 Å². The van der Waals surface area contributed by atoms with Crippen LogP contribution >= 0.6 is 0 Å². The van der Waals surface area contributed by atoms with Gasteiger partial charge in [0.15, 0.2) is 0 Å². The zero-order valence-corrected chi connectivity index (χ0v) is 15.5. The lowest BCUT2D eigenvalue weighted by Crippen LogP contribution is -2.46. The molecule has 0 unspecified atom stereocenters. The Balaban J connectivity index is 1.41. The van der Waals surface area contributed by atoms with Crippen LogP contribution in [0.5, 0.6) is 0 Å². The number of benzene rings is 2. The van der Waals surface area contributed by atoms with Gasteiger partial charge in [-0.25, -0.2) is 4.79 Å². The van der Waals surface area contributed by atoms with Gasteiger partial charge < -0.3 is 10.2 Å². The molecule has 6 nitrogen and oxygen atoms in total. The highest BCUT2D eigenvalue weighted by molar-refractivity contribution is 6.11. The first kappa shape index (κ1) is 17.0. The number of hydrogen-bond acceptors (Lipinski definition) is 3. The SMILES string of the molecule is O=C1N[C@@]2(CCc3ccccc32)C(=O)N1CC(=O)N1CCCc2ccccc21. The Bertz CT molecular complexity index is 1000. The molecule has 1 atom stereocenters. The summed E-state index contributed by atoms with van der Waals surface area (Å²) in [5, 5.41) is 2.88.